The summed E-state index contributed by atoms with van der Waals surface area (Å²) in [5.41, 5.74) is 6.34. The van der Waals surface area contributed by atoms with Crippen LogP contribution in [0.3, 0.4) is 0 Å². The molecule has 7 heteroatoms. The van der Waals surface area contributed by atoms with Crippen molar-refractivity contribution in [2.24, 2.45) is 0 Å². The molecule has 2 aromatic heterocycles. The van der Waals surface area contributed by atoms with E-state index < -0.39 is 0 Å². The molecular formula is C26H30N6O. The molecule has 0 spiro atoms. The van der Waals surface area contributed by atoms with Crippen LogP contribution in [0.15, 0.2) is 42.7 Å². The molecule has 1 aliphatic carbocycles. The van der Waals surface area contributed by atoms with Crippen LogP contribution in [0.1, 0.15) is 46.2 Å². The second-order valence-corrected chi connectivity index (χ2v) is 9.18. The molecule has 0 atom stereocenters. The average Bonchev–Trinajstić information content (AvgIpc) is 3.65. The minimum Gasteiger partial charge on any atom is -0.369 e. The van der Waals surface area contributed by atoms with E-state index >= 15 is 0 Å². The second kappa shape index (κ2) is 8.90. The molecule has 3 heterocycles. The van der Waals surface area contributed by atoms with Crippen LogP contribution < -0.4 is 10.2 Å². The number of aromatic nitrogens is 3. The number of aryl methyl sites for hydroxylation is 2. The molecule has 170 valence electrons. The lowest BCUT2D eigenvalue weighted by atomic mass is 9.98. The molecular weight excluding hydrogens is 412 g/mol. The number of hydrogen-bond donors (Lipinski definition) is 1. The van der Waals surface area contributed by atoms with E-state index in [0.717, 1.165) is 37.4 Å². The van der Waals surface area contributed by atoms with Crippen LogP contribution in [-0.4, -0.2) is 59.0 Å². The number of nitrogens with one attached hydrogen (secondary N) is 1. The summed E-state index contributed by atoms with van der Waals surface area (Å²) in [5.74, 6) is 1.58. The summed E-state index contributed by atoms with van der Waals surface area (Å²) in [6, 6.07) is 10.9. The Labute approximate surface area is 194 Å². The minimum absolute atomic E-state index is 0.261. The molecule has 1 saturated carbocycles. The molecule has 1 aliphatic heterocycles. The van der Waals surface area contributed by atoms with Gasteiger partial charge in [0.15, 0.2) is 0 Å². The Hall–Kier alpha value is -3.32. The highest BCUT2D eigenvalue weighted by molar-refractivity contribution is 6.03. The molecule has 0 unspecified atom stereocenters. The molecule has 1 aromatic carbocycles. The highest BCUT2D eigenvalue weighted by Gasteiger charge is 2.26. The number of rotatable bonds is 5. The second-order valence-electron chi connectivity index (χ2n) is 9.18. The highest BCUT2D eigenvalue weighted by atomic mass is 16.1. The van der Waals surface area contributed by atoms with Gasteiger partial charge in [-0.15, -0.1) is 0 Å². The first-order chi connectivity index (χ1) is 16.0. The van der Waals surface area contributed by atoms with Gasteiger partial charge in [-0.1, -0.05) is 6.07 Å². The van der Waals surface area contributed by atoms with Gasteiger partial charge in [-0.05, 0) is 75.0 Å². The van der Waals surface area contributed by atoms with Gasteiger partial charge in [-0.3, -0.25) is 4.79 Å². The number of piperazine rings is 1. The predicted octanol–water partition coefficient (Wildman–Crippen LogP) is 4.04. The first kappa shape index (κ1) is 21.5. The number of likely N-dealkylation sites (N-methyl/N-ethyl adjacent to an activating group) is 1. The van der Waals surface area contributed by atoms with Crippen LogP contribution in [0.4, 0.5) is 11.5 Å². The summed E-state index contributed by atoms with van der Waals surface area (Å²) < 4.78 is 0. The van der Waals surface area contributed by atoms with Gasteiger partial charge in [0.1, 0.15) is 11.6 Å². The fourth-order valence-electron chi connectivity index (χ4n) is 4.32. The number of nitrogens with zero attached hydrogens (tertiary/aromatic N) is 5. The van der Waals surface area contributed by atoms with E-state index in [1.165, 1.54) is 42.0 Å². The largest absolute Gasteiger partial charge is 0.369 e. The maximum Gasteiger partial charge on any atom is 0.259 e. The smallest absolute Gasteiger partial charge is 0.259 e. The van der Waals surface area contributed by atoms with Crippen molar-refractivity contribution in [1.29, 1.82) is 0 Å². The van der Waals surface area contributed by atoms with Crippen molar-refractivity contribution in [3.63, 3.8) is 0 Å². The average molecular weight is 443 g/mol. The van der Waals surface area contributed by atoms with Crippen LogP contribution in [0.25, 0.3) is 11.1 Å². The quantitative estimate of drug-likeness (QED) is 0.643. The topological polar surface area (TPSA) is 74.2 Å². The van der Waals surface area contributed by atoms with E-state index in [0.29, 0.717) is 23.1 Å². The fraction of sp³-hybridized carbons (Fsp3) is 0.385. The standard InChI is InChI=1S/C26H30N6O/c1-17-24(6-7-25(29-17)30-26(33)22-15-27-18(2)28-16-22)21-12-20(19-4-5-19)13-23(14-21)32-10-8-31(3)9-11-32/h6-7,12-16,19H,4-5,8-11H2,1-3H3,(H,29,30,33). The Kier molecular flexibility index (Phi) is 5.81. The molecule has 1 N–H and O–H groups in total. The summed E-state index contributed by atoms with van der Waals surface area (Å²) in [5, 5.41) is 2.86. The van der Waals surface area contributed by atoms with Gasteiger partial charge in [0.25, 0.3) is 5.91 Å². The Morgan fingerprint density at radius 3 is 2.39 bits per heavy atom. The summed E-state index contributed by atoms with van der Waals surface area (Å²) in [6.07, 6.45) is 5.61. The van der Waals surface area contributed by atoms with Crippen molar-refractivity contribution in [3.05, 3.63) is 65.4 Å². The van der Waals surface area contributed by atoms with Gasteiger partial charge in [-0.25, -0.2) is 15.0 Å². The summed E-state index contributed by atoms with van der Waals surface area (Å²) in [6.45, 7) is 8.07. The normalized spacial score (nSPS) is 16.6. The molecule has 5 rings (SSSR count). The zero-order chi connectivity index (χ0) is 22.9. The van der Waals surface area contributed by atoms with Crippen molar-refractivity contribution in [2.45, 2.75) is 32.6 Å². The van der Waals surface area contributed by atoms with Crippen LogP contribution >= 0.6 is 0 Å². The minimum atomic E-state index is -0.261. The first-order valence-electron chi connectivity index (χ1n) is 11.6. The molecule has 33 heavy (non-hydrogen) atoms. The number of anilines is 2. The molecule has 0 radical (unpaired) electrons. The van der Waals surface area contributed by atoms with Crippen molar-refractivity contribution >= 4 is 17.4 Å². The van der Waals surface area contributed by atoms with E-state index in [-0.39, 0.29) is 5.91 Å². The molecule has 3 aromatic rings. The van der Waals surface area contributed by atoms with Crippen molar-refractivity contribution in [1.82, 2.24) is 19.9 Å². The zero-order valence-corrected chi connectivity index (χ0v) is 19.5. The lowest BCUT2D eigenvalue weighted by molar-refractivity contribution is 0.102. The fourth-order valence-corrected chi connectivity index (χ4v) is 4.32. The van der Waals surface area contributed by atoms with Crippen molar-refractivity contribution < 1.29 is 4.79 Å². The van der Waals surface area contributed by atoms with Gasteiger partial charge in [0.2, 0.25) is 0 Å². The van der Waals surface area contributed by atoms with E-state index in [1.807, 2.05) is 13.0 Å². The van der Waals surface area contributed by atoms with Gasteiger partial charge >= 0.3 is 0 Å². The van der Waals surface area contributed by atoms with Gasteiger partial charge in [0.05, 0.1) is 5.56 Å². The van der Waals surface area contributed by atoms with Gasteiger partial charge < -0.3 is 15.1 Å². The molecule has 2 fully saturated rings. The third-order valence-corrected chi connectivity index (χ3v) is 6.54. The number of hydrogen-bond acceptors (Lipinski definition) is 6. The Morgan fingerprint density at radius 2 is 1.73 bits per heavy atom. The Balaban J connectivity index is 1.40. The van der Waals surface area contributed by atoms with Crippen LogP contribution in [0, 0.1) is 13.8 Å². The predicted molar refractivity (Wildman–Crippen MR) is 131 cm³/mol. The number of amides is 1. The number of benzene rings is 1. The first-order valence-corrected chi connectivity index (χ1v) is 11.6. The Bertz CT molecular complexity index is 1160. The third kappa shape index (κ3) is 4.88. The molecule has 1 amide bonds. The maximum atomic E-state index is 12.5. The van der Waals surface area contributed by atoms with Crippen molar-refractivity contribution in [3.8, 4) is 11.1 Å². The number of carbonyl (C=O) groups is 1. The third-order valence-electron chi connectivity index (χ3n) is 6.54. The highest BCUT2D eigenvalue weighted by Crippen LogP contribution is 2.43. The zero-order valence-electron chi connectivity index (χ0n) is 19.5. The molecule has 0 bridgehead atoms. The summed E-state index contributed by atoms with van der Waals surface area (Å²) in [4.78, 5) is 30.3. The van der Waals surface area contributed by atoms with Crippen LogP contribution in [0.5, 0.6) is 0 Å². The molecule has 1 saturated heterocycles. The van der Waals surface area contributed by atoms with Crippen molar-refractivity contribution in [2.75, 3.05) is 43.4 Å². The molecule has 7 nitrogen and oxygen atoms in total. The van der Waals surface area contributed by atoms with Crippen LogP contribution in [-0.2, 0) is 0 Å². The maximum absolute atomic E-state index is 12.5. The van der Waals surface area contributed by atoms with E-state index in [9.17, 15) is 4.79 Å². The summed E-state index contributed by atoms with van der Waals surface area (Å²) >= 11 is 0. The van der Waals surface area contributed by atoms with Gasteiger partial charge in [0, 0.05) is 55.5 Å². The Morgan fingerprint density at radius 1 is 1.00 bits per heavy atom. The monoisotopic (exact) mass is 442 g/mol. The lowest BCUT2D eigenvalue weighted by Crippen LogP contribution is -2.44. The molecule has 2 aliphatic rings. The SMILES string of the molecule is Cc1ncc(C(=O)Nc2ccc(-c3cc(C4CC4)cc(N4CCN(C)CC4)c3)c(C)n2)cn1. The van der Waals surface area contributed by atoms with Crippen LogP contribution in [0.2, 0.25) is 0 Å². The van der Waals surface area contributed by atoms with E-state index in [1.54, 1.807) is 6.92 Å². The van der Waals surface area contributed by atoms with E-state index in [4.69, 9.17) is 0 Å². The lowest BCUT2D eigenvalue weighted by Gasteiger charge is -2.34. The number of carbonyl (C=O) groups excluding carboxylic acids is 1. The number of pyridine rings is 1. The van der Waals surface area contributed by atoms with E-state index in [2.05, 4.69) is 61.4 Å². The van der Waals surface area contributed by atoms with Gasteiger partial charge in [-0.2, -0.15) is 0 Å². The summed E-state index contributed by atoms with van der Waals surface area (Å²) in [7, 11) is 2.19.